The zero-order valence-electron chi connectivity index (χ0n) is 11.2. The van der Waals surface area contributed by atoms with Gasteiger partial charge in [0.15, 0.2) is 0 Å². The highest BCUT2D eigenvalue weighted by atomic mass is 16.3. The van der Waals surface area contributed by atoms with Crippen LogP contribution < -0.4 is 10.6 Å². The van der Waals surface area contributed by atoms with E-state index in [0.717, 1.165) is 6.42 Å². The third kappa shape index (κ3) is 9.35. The van der Waals surface area contributed by atoms with Crippen LogP contribution in [0, 0.1) is 0 Å². The van der Waals surface area contributed by atoms with Crippen molar-refractivity contribution >= 4 is 5.91 Å². The first kappa shape index (κ1) is 17.3. The lowest BCUT2D eigenvalue weighted by Gasteiger charge is -2.16. The Morgan fingerprint density at radius 1 is 1.22 bits per heavy atom. The molecule has 0 aromatic heterocycles. The van der Waals surface area contributed by atoms with Crippen LogP contribution in [0.5, 0.6) is 0 Å². The molecule has 0 fully saturated rings. The van der Waals surface area contributed by atoms with Crippen LogP contribution in [0.4, 0.5) is 0 Å². The van der Waals surface area contributed by atoms with Gasteiger partial charge in [0.2, 0.25) is 5.91 Å². The summed E-state index contributed by atoms with van der Waals surface area (Å²) in [7, 11) is 1.84. The number of amides is 1. The minimum absolute atomic E-state index is 0.104. The Kier molecular flexibility index (Phi) is 9.86. The van der Waals surface area contributed by atoms with Crippen LogP contribution in [-0.2, 0) is 4.79 Å². The minimum Gasteiger partial charge on any atom is -0.396 e. The lowest BCUT2D eigenvalue weighted by molar-refractivity contribution is -0.121. The van der Waals surface area contributed by atoms with Crippen molar-refractivity contribution in [1.29, 1.82) is 0 Å². The molecule has 0 aromatic carbocycles. The Morgan fingerprint density at radius 2 is 1.89 bits per heavy atom. The van der Waals surface area contributed by atoms with Gasteiger partial charge in [0.25, 0.3) is 0 Å². The van der Waals surface area contributed by atoms with Crippen LogP contribution in [0.3, 0.4) is 0 Å². The van der Waals surface area contributed by atoms with Gasteiger partial charge in [-0.1, -0.05) is 0 Å². The van der Waals surface area contributed by atoms with Crippen molar-refractivity contribution in [3.05, 3.63) is 0 Å². The highest BCUT2D eigenvalue weighted by Crippen LogP contribution is 2.02. The highest BCUT2D eigenvalue weighted by molar-refractivity contribution is 5.75. The molecular formula is C12H26N2O4. The van der Waals surface area contributed by atoms with Gasteiger partial charge in [-0.3, -0.25) is 4.79 Å². The molecule has 0 saturated carbocycles. The standard InChI is InChI=1S/C12H26N2O4/c1-9(13-2)3-4-12(18)14-8-11(17)7-10(16)5-6-15/h9-11,13,15-17H,3-8H2,1-2H3,(H,14,18)/t9-,10-,11?/m1/s1. The molecule has 0 aliphatic rings. The van der Waals surface area contributed by atoms with Gasteiger partial charge in [0.05, 0.1) is 12.2 Å². The summed E-state index contributed by atoms with van der Waals surface area (Å²) in [5.74, 6) is -0.104. The van der Waals surface area contributed by atoms with Crippen molar-refractivity contribution in [2.24, 2.45) is 0 Å². The van der Waals surface area contributed by atoms with Crippen LogP contribution in [0.15, 0.2) is 0 Å². The molecular weight excluding hydrogens is 236 g/mol. The number of nitrogens with one attached hydrogen (secondary N) is 2. The maximum atomic E-state index is 11.4. The van der Waals surface area contributed by atoms with Gasteiger partial charge in [0.1, 0.15) is 0 Å². The van der Waals surface area contributed by atoms with Crippen molar-refractivity contribution in [1.82, 2.24) is 10.6 Å². The van der Waals surface area contributed by atoms with Crippen molar-refractivity contribution in [3.8, 4) is 0 Å². The van der Waals surface area contributed by atoms with Gasteiger partial charge in [-0.15, -0.1) is 0 Å². The van der Waals surface area contributed by atoms with Crippen LogP contribution in [0.25, 0.3) is 0 Å². The largest absolute Gasteiger partial charge is 0.396 e. The predicted molar refractivity (Wildman–Crippen MR) is 69.1 cm³/mol. The molecule has 0 spiro atoms. The number of carbonyl (C=O) groups is 1. The topological polar surface area (TPSA) is 102 Å². The fraction of sp³-hybridized carbons (Fsp3) is 0.917. The van der Waals surface area contributed by atoms with Crippen LogP contribution in [-0.4, -0.2) is 59.7 Å². The zero-order valence-corrected chi connectivity index (χ0v) is 11.2. The molecule has 0 aliphatic carbocycles. The van der Waals surface area contributed by atoms with Gasteiger partial charge >= 0.3 is 0 Å². The Hall–Kier alpha value is -0.690. The number of aliphatic hydroxyl groups is 3. The molecule has 0 bridgehead atoms. The minimum atomic E-state index is -0.780. The first-order chi connectivity index (χ1) is 8.49. The molecule has 0 heterocycles. The Morgan fingerprint density at radius 3 is 2.44 bits per heavy atom. The molecule has 0 aromatic rings. The fourth-order valence-electron chi connectivity index (χ4n) is 1.48. The van der Waals surface area contributed by atoms with Crippen molar-refractivity contribution in [2.75, 3.05) is 20.2 Å². The molecule has 0 aliphatic heterocycles. The summed E-state index contributed by atoms with van der Waals surface area (Å²) < 4.78 is 0. The van der Waals surface area contributed by atoms with E-state index in [9.17, 15) is 15.0 Å². The van der Waals surface area contributed by atoms with E-state index in [2.05, 4.69) is 10.6 Å². The summed E-state index contributed by atoms with van der Waals surface area (Å²) in [4.78, 5) is 11.4. The number of hydrogen-bond acceptors (Lipinski definition) is 5. The Labute approximate surface area is 108 Å². The van der Waals surface area contributed by atoms with Gasteiger partial charge < -0.3 is 26.0 Å². The van der Waals surface area contributed by atoms with Crippen LogP contribution in [0.1, 0.15) is 32.6 Å². The van der Waals surface area contributed by atoms with E-state index in [1.165, 1.54) is 0 Å². The molecule has 1 amide bonds. The van der Waals surface area contributed by atoms with Gasteiger partial charge in [0, 0.05) is 32.0 Å². The number of aliphatic hydroxyl groups excluding tert-OH is 3. The van der Waals surface area contributed by atoms with Crippen LogP contribution in [0.2, 0.25) is 0 Å². The molecule has 0 saturated heterocycles. The third-order valence-corrected chi connectivity index (χ3v) is 2.84. The monoisotopic (exact) mass is 262 g/mol. The zero-order chi connectivity index (χ0) is 14.0. The van der Waals surface area contributed by atoms with E-state index >= 15 is 0 Å². The van der Waals surface area contributed by atoms with E-state index in [4.69, 9.17) is 5.11 Å². The van der Waals surface area contributed by atoms with Gasteiger partial charge in [-0.2, -0.15) is 0 Å². The quantitative estimate of drug-likeness (QED) is 0.347. The molecule has 108 valence electrons. The van der Waals surface area contributed by atoms with E-state index in [1.54, 1.807) is 0 Å². The molecule has 6 nitrogen and oxygen atoms in total. The lowest BCUT2D eigenvalue weighted by atomic mass is 10.1. The third-order valence-electron chi connectivity index (χ3n) is 2.84. The van der Waals surface area contributed by atoms with Gasteiger partial charge in [-0.05, 0) is 26.8 Å². The summed E-state index contributed by atoms with van der Waals surface area (Å²) in [5, 5.41) is 33.2. The molecule has 5 N–H and O–H groups in total. The molecule has 0 rings (SSSR count). The SMILES string of the molecule is CN[C@H](C)CCC(=O)NCC(O)C[C@H](O)CCO. The average molecular weight is 262 g/mol. The first-order valence-electron chi connectivity index (χ1n) is 6.40. The average Bonchev–Trinajstić information content (AvgIpc) is 2.33. The van der Waals surface area contributed by atoms with E-state index < -0.39 is 12.2 Å². The maximum absolute atomic E-state index is 11.4. The summed E-state index contributed by atoms with van der Waals surface area (Å²) in [6.07, 6.45) is 0.0428. The molecule has 18 heavy (non-hydrogen) atoms. The van der Waals surface area contributed by atoms with E-state index in [1.807, 2.05) is 14.0 Å². The van der Waals surface area contributed by atoms with E-state index in [0.29, 0.717) is 6.42 Å². The smallest absolute Gasteiger partial charge is 0.220 e. The fourth-order valence-corrected chi connectivity index (χ4v) is 1.48. The van der Waals surface area contributed by atoms with Gasteiger partial charge in [-0.25, -0.2) is 0 Å². The Bertz CT molecular complexity index is 226. The number of hydrogen-bond donors (Lipinski definition) is 5. The van der Waals surface area contributed by atoms with Crippen molar-refractivity contribution in [2.45, 2.75) is 50.9 Å². The Balaban J connectivity index is 3.64. The first-order valence-corrected chi connectivity index (χ1v) is 6.40. The molecule has 3 atom stereocenters. The van der Waals surface area contributed by atoms with Crippen LogP contribution >= 0.6 is 0 Å². The molecule has 6 heteroatoms. The summed E-state index contributed by atoms with van der Waals surface area (Å²) >= 11 is 0. The summed E-state index contributed by atoms with van der Waals surface area (Å²) in [6, 6.07) is 0.284. The predicted octanol–water partition coefficient (Wildman–Crippen LogP) is -1.01. The second-order valence-corrected chi connectivity index (χ2v) is 4.59. The maximum Gasteiger partial charge on any atom is 0.220 e. The van der Waals surface area contributed by atoms with Crippen molar-refractivity contribution < 1.29 is 20.1 Å². The molecule has 1 unspecified atom stereocenters. The molecule has 0 radical (unpaired) electrons. The second-order valence-electron chi connectivity index (χ2n) is 4.59. The summed E-state index contributed by atoms with van der Waals surface area (Å²) in [6.45, 7) is 2.02. The summed E-state index contributed by atoms with van der Waals surface area (Å²) in [5.41, 5.74) is 0. The highest BCUT2D eigenvalue weighted by Gasteiger charge is 2.13. The normalized spacial score (nSPS) is 16.1. The van der Waals surface area contributed by atoms with Crippen molar-refractivity contribution in [3.63, 3.8) is 0 Å². The number of carbonyl (C=O) groups excluding carboxylic acids is 1. The second kappa shape index (κ2) is 10.3. The number of rotatable bonds is 10. The van der Waals surface area contributed by atoms with E-state index in [-0.39, 0.29) is 37.9 Å². The lowest BCUT2D eigenvalue weighted by Crippen LogP contribution is -2.35.